The first-order valence-electron chi connectivity index (χ1n) is 11.4. The monoisotopic (exact) mass is 471 g/mol. The highest BCUT2D eigenvalue weighted by Gasteiger charge is 2.41. The molecule has 0 aromatic heterocycles. The van der Waals surface area contributed by atoms with Crippen molar-refractivity contribution >= 4 is 23.4 Å². The summed E-state index contributed by atoms with van der Waals surface area (Å²) in [6.07, 6.45) is 1.60. The number of likely N-dealkylation sites (tertiary alicyclic amines) is 1. The number of aliphatic imine (C=N–C) groups is 1. The average Bonchev–Trinajstić information content (AvgIpc) is 2.81. The number of nitrogens with zero attached hydrogens (tertiary/aromatic N) is 2. The molecular weight excluding hydrogens is 442 g/mol. The molecule has 33 heavy (non-hydrogen) atoms. The Morgan fingerprint density at radius 2 is 1.91 bits per heavy atom. The number of rotatable bonds is 5. The van der Waals surface area contributed by atoms with Crippen LogP contribution in [0.5, 0.6) is 11.5 Å². The first-order chi connectivity index (χ1) is 15.9. The third-order valence-electron chi connectivity index (χ3n) is 6.17. The van der Waals surface area contributed by atoms with Gasteiger partial charge in [0.2, 0.25) is 0 Å². The number of halogens is 1. The molecule has 0 bridgehead atoms. The molecule has 1 fully saturated rings. The summed E-state index contributed by atoms with van der Waals surface area (Å²) in [5.41, 5.74) is 2.16. The van der Waals surface area contributed by atoms with Gasteiger partial charge in [-0.3, -0.25) is 10.3 Å². The average molecular weight is 472 g/mol. The van der Waals surface area contributed by atoms with Crippen LogP contribution >= 0.6 is 11.6 Å². The summed E-state index contributed by atoms with van der Waals surface area (Å²) in [5.74, 6) is 1.02. The Balaban J connectivity index is 1.65. The highest BCUT2D eigenvalue weighted by atomic mass is 35.5. The van der Waals surface area contributed by atoms with Gasteiger partial charge in [0.15, 0.2) is 0 Å². The van der Waals surface area contributed by atoms with Crippen molar-refractivity contribution in [2.75, 3.05) is 26.3 Å². The fraction of sp³-hybridized carbons (Fsp3) is 0.440. The first kappa shape index (κ1) is 23.4. The molecule has 0 saturated carbocycles. The maximum Gasteiger partial charge on any atom is 0.409 e. The molecule has 1 spiro atoms. The van der Waals surface area contributed by atoms with Crippen LogP contribution in [0, 0.1) is 0 Å². The zero-order valence-electron chi connectivity index (χ0n) is 19.0. The van der Waals surface area contributed by atoms with Gasteiger partial charge < -0.3 is 19.5 Å². The van der Waals surface area contributed by atoms with Gasteiger partial charge in [0, 0.05) is 54.7 Å². The third-order valence-corrected chi connectivity index (χ3v) is 6.40. The maximum atomic E-state index is 12.2. The summed E-state index contributed by atoms with van der Waals surface area (Å²) in [5, 5.41) is 14.8. The molecule has 176 valence electrons. The Morgan fingerprint density at radius 3 is 2.58 bits per heavy atom. The fourth-order valence-corrected chi connectivity index (χ4v) is 4.70. The third kappa shape index (κ3) is 5.25. The zero-order chi connectivity index (χ0) is 23.4. The maximum absolute atomic E-state index is 12.2. The van der Waals surface area contributed by atoms with Crippen molar-refractivity contribution in [1.82, 2.24) is 10.2 Å². The topological polar surface area (TPSA) is 83.4 Å². The van der Waals surface area contributed by atoms with Crippen molar-refractivity contribution in [3.8, 4) is 11.5 Å². The van der Waals surface area contributed by atoms with Crippen molar-refractivity contribution in [3.05, 3.63) is 58.6 Å². The van der Waals surface area contributed by atoms with Gasteiger partial charge >= 0.3 is 6.09 Å². The molecule has 2 N–H and O–H groups in total. The molecule has 0 radical (unpaired) electrons. The summed E-state index contributed by atoms with van der Waals surface area (Å²) >= 11 is 6.26. The van der Waals surface area contributed by atoms with Crippen molar-refractivity contribution in [2.24, 2.45) is 4.99 Å². The summed E-state index contributed by atoms with van der Waals surface area (Å²) in [7, 11) is 0. The minimum absolute atomic E-state index is 0.170. The molecule has 1 atom stereocenters. The van der Waals surface area contributed by atoms with Gasteiger partial charge in [-0.2, -0.15) is 0 Å². The van der Waals surface area contributed by atoms with E-state index >= 15 is 0 Å². The SMILES string of the molecule is CCOC(=O)N1CCC2(CC1)N=C(c1ccc(OCC)cc1)C[C@H](c1cc(Cl)ccc1O)N2. The largest absolute Gasteiger partial charge is 0.508 e. The molecular formula is C25H30ClN3O4. The van der Waals surface area contributed by atoms with Crippen molar-refractivity contribution in [3.63, 3.8) is 0 Å². The van der Waals surface area contributed by atoms with Crippen LogP contribution in [0.15, 0.2) is 47.5 Å². The quantitative estimate of drug-likeness (QED) is 0.646. The van der Waals surface area contributed by atoms with Gasteiger partial charge in [-0.25, -0.2) is 4.79 Å². The smallest absolute Gasteiger partial charge is 0.409 e. The summed E-state index contributed by atoms with van der Waals surface area (Å²) in [6, 6.07) is 12.9. The molecule has 2 aliphatic heterocycles. The normalized spacial score (nSPS) is 19.8. The fourth-order valence-electron chi connectivity index (χ4n) is 4.52. The van der Waals surface area contributed by atoms with Crippen LogP contribution < -0.4 is 10.1 Å². The molecule has 2 aliphatic rings. The highest BCUT2D eigenvalue weighted by Crippen LogP contribution is 2.38. The summed E-state index contributed by atoms with van der Waals surface area (Å²) < 4.78 is 10.8. The molecule has 7 nitrogen and oxygen atoms in total. The number of hydrogen-bond acceptors (Lipinski definition) is 6. The van der Waals surface area contributed by atoms with E-state index in [1.165, 1.54) is 0 Å². The van der Waals surface area contributed by atoms with E-state index in [2.05, 4.69) is 5.32 Å². The Bertz CT molecular complexity index is 1020. The number of aromatic hydroxyl groups is 1. The van der Waals surface area contributed by atoms with Gasteiger partial charge in [-0.05, 0) is 61.9 Å². The highest BCUT2D eigenvalue weighted by molar-refractivity contribution is 6.30. The number of piperidine rings is 1. The number of nitrogens with one attached hydrogen (secondary N) is 1. The van der Waals surface area contributed by atoms with Crippen molar-refractivity contribution < 1.29 is 19.4 Å². The second-order valence-corrected chi connectivity index (χ2v) is 8.77. The van der Waals surface area contributed by atoms with Gasteiger partial charge in [-0.15, -0.1) is 0 Å². The van der Waals surface area contributed by atoms with Crippen LogP contribution in [0.4, 0.5) is 4.79 Å². The molecule has 8 heteroatoms. The summed E-state index contributed by atoms with van der Waals surface area (Å²) in [4.78, 5) is 19.1. The van der Waals surface area contributed by atoms with E-state index in [0.29, 0.717) is 50.6 Å². The van der Waals surface area contributed by atoms with E-state index in [4.69, 9.17) is 26.1 Å². The molecule has 2 aromatic carbocycles. The second-order valence-electron chi connectivity index (χ2n) is 8.34. The minimum atomic E-state index is -0.547. The molecule has 0 unspecified atom stereocenters. The van der Waals surface area contributed by atoms with Gasteiger partial charge in [0.25, 0.3) is 0 Å². The lowest BCUT2D eigenvalue weighted by atomic mass is 9.87. The van der Waals surface area contributed by atoms with E-state index in [0.717, 1.165) is 22.6 Å². The van der Waals surface area contributed by atoms with E-state index in [9.17, 15) is 9.90 Å². The van der Waals surface area contributed by atoms with E-state index in [-0.39, 0.29) is 17.9 Å². The first-order valence-corrected chi connectivity index (χ1v) is 11.8. The van der Waals surface area contributed by atoms with Gasteiger partial charge in [-0.1, -0.05) is 11.6 Å². The predicted molar refractivity (Wildman–Crippen MR) is 128 cm³/mol. The van der Waals surface area contributed by atoms with Gasteiger partial charge in [0.1, 0.15) is 17.2 Å². The zero-order valence-corrected chi connectivity index (χ0v) is 19.8. The Morgan fingerprint density at radius 1 is 1.18 bits per heavy atom. The second kappa shape index (κ2) is 10.0. The number of ether oxygens (including phenoxy) is 2. The number of phenolic OH excluding ortho intramolecular Hbond substituents is 1. The van der Waals surface area contributed by atoms with Crippen LogP contribution in [0.25, 0.3) is 0 Å². The van der Waals surface area contributed by atoms with Crippen LogP contribution in [0.1, 0.15) is 50.3 Å². The molecule has 1 amide bonds. The lowest BCUT2D eigenvalue weighted by molar-refractivity contribution is 0.0778. The van der Waals surface area contributed by atoms with Crippen molar-refractivity contribution in [2.45, 2.75) is 44.8 Å². The Kier molecular flexibility index (Phi) is 7.10. The lowest BCUT2D eigenvalue weighted by Crippen LogP contribution is -2.56. The number of carbonyl (C=O) groups excluding carboxylic acids is 1. The standard InChI is InChI=1S/C25H30ClN3O4/c1-3-32-19-8-5-17(6-9-19)21-16-22(20-15-18(26)7-10-23(20)30)28-25(27-21)11-13-29(14-12-25)24(31)33-4-2/h5-10,15,22,28,30H,3-4,11-14,16H2,1-2H3/t22-/m1/s1. The minimum Gasteiger partial charge on any atom is -0.508 e. The van der Waals surface area contributed by atoms with Crippen molar-refractivity contribution in [1.29, 1.82) is 0 Å². The van der Waals surface area contributed by atoms with Crippen LogP contribution in [0.2, 0.25) is 5.02 Å². The number of amides is 1. The number of benzene rings is 2. The molecule has 4 rings (SSSR count). The molecule has 1 saturated heterocycles. The Labute approximate surface area is 199 Å². The molecule has 2 heterocycles. The number of carbonyl (C=O) groups is 1. The van der Waals surface area contributed by atoms with E-state index in [1.54, 1.807) is 23.1 Å². The molecule has 0 aliphatic carbocycles. The van der Waals surface area contributed by atoms with Crippen LogP contribution in [-0.4, -0.2) is 53.8 Å². The van der Waals surface area contributed by atoms with Gasteiger partial charge in [0.05, 0.1) is 13.2 Å². The molecule has 2 aromatic rings. The summed E-state index contributed by atoms with van der Waals surface area (Å²) in [6.45, 7) is 5.82. The van der Waals surface area contributed by atoms with E-state index < -0.39 is 5.66 Å². The lowest BCUT2D eigenvalue weighted by Gasteiger charge is -2.45. The van der Waals surface area contributed by atoms with E-state index in [1.807, 2.05) is 38.1 Å². The Hall–Kier alpha value is -2.77. The van der Waals surface area contributed by atoms with Crippen LogP contribution in [-0.2, 0) is 4.74 Å². The van der Waals surface area contributed by atoms with Crippen LogP contribution in [0.3, 0.4) is 0 Å². The predicted octanol–water partition coefficient (Wildman–Crippen LogP) is 4.92. The number of hydrogen-bond donors (Lipinski definition) is 2. The number of phenols is 1.